The molecule has 0 fully saturated rings. The topological polar surface area (TPSA) is 61.4 Å². The van der Waals surface area contributed by atoms with Gasteiger partial charge in [-0.1, -0.05) is 30.3 Å². The van der Waals surface area contributed by atoms with Crippen molar-refractivity contribution in [2.24, 2.45) is 0 Å². The van der Waals surface area contributed by atoms with Crippen molar-refractivity contribution >= 4 is 11.7 Å². The third-order valence-electron chi connectivity index (χ3n) is 3.78. The fourth-order valence-electron chi connectivity index (χ4n) is 2.33. The van der Waals surface area contributed by atoms with Crippen LogP contribution in [0.1, 0.15) is 23.6 Å². The van der Waals surface area contributed by atoms with E-state index in [2.05, 4.69) is 10.6 Å². The molecule has 2 amide bonds. The summed E-state index contributed by atoms with van der Waals surface area (Å²) in [6.07, 6.45) is 0. The second kappa shape index (κ2) is 6.79. The fourth-order valence-corrected chi connectivity index (χ4v) is 2.33. The number of carbonyl (C=O) groups is 1. The van der Waals surface area contributed by atoms with Crippen LogP contribution in [0.25, 0.3) is 0 Å². The molecule has 0 aliphatic heterocycles. The Labute approximate surface area is 135 Å². The number of benzene rings is 2. The number of hydrogen-bond donors (Lipinski definition) is 3. The summed E-state index contributed by atoms with van der Waals surface area (Å²) in [7, 11) is 0. The number of urea groups is 1. The van der Waals surface area contributed by atoms with Gasteiger partial charge in [0.1, 0.15) is 11.4 Å². The van der Waals surface area contributed by atoms with Gasteiger partial charge in [0.05, 0.1) is 6.54 Å². The minimum Gasteiger partial charge on any atom is -0.384 e. The summed E-state index contributed by atoms with van der Waals surface area (Å²) in [5.74, 6) is -0.370. The highest BCUT2D eigenvalue weighted by Gasteiger charge is 2.24. The Bertz CT molecular complexity index is 676. The van der Waals surface area contributed by atoms with Crippen LogP contribution in [0.4, 0.5) is 14.9 Å². The van der Waals surface area contributed by atoms with Crippen molar-refractivity contribution in [3.05, 3.63) is 65.0 Å². The van der Waals surface area contributed by atoms with Gasteiger partial charge in [0, 0.05) is 5.69 Å². The summed E-state index contributed by atoms with van der Waals surface area (Å²) in [5.41, 5.74) is 1.93. The minimum absolute atomic E-state index is 0.00932. The number of para-hydroxylation sites is 1. The van der Waals surface area contributed by atoms with E-state index in [9.17, 15) is 14.3 Å². The number of halogens is 1. The molecule has 0 aliphatic carbocycles. The van der Waals surface area contributed by atoms with Crippen LogP contribution in [0, 0.1) is 19.7 Å². The van der Waals surface area contributed by atoms with Crippen LogP contribution >= 0.6 is 0 Å². The maximum Gasteiger partial charge on any atom is 0.319 e. The molecular weight excluding hydrogens is 295 g/mol. The monoisotopic (exact) mass is 316 g/mol. The Balaban J connectivity index is 1.99. The molecule has 2 aromatic rings. The van der Waals surface area contributed by atoms with Crippen molar-refractivity contribution in [1.29, 1.82) is 0 Å². The number of hydrogen-bond acceptors (Lipinski definition) is 2. The van der Waals surface area contributed by atoms with E-state index in [0.717, 1.165) is 16.8 Å². The molecule has 0 saturated heterocycles. The van der Waals surface area contributed by atoms with E-state index in [4.69, 9.17) is 0 Å². The molecule has 0 radical (unpaired) electrons. The van der Waals surface area contributed by atoms with Gasteiger partial charge in [0.25, 0.3) is 0 Å². The number of aliphatic hydroxyl groups is 1. The van der Waals surface area contributed by atoms with Gasteiger partial charge in [-0.25, -0.2) is 9.18 Å². The molecule has 1 atom stereocenters. The quantitative estimate of drug-likeness (QED) is 0.809. The smallest absolute Gasteiger partial charge is 0.319 e. The van der Waals surface area contributed by atoms with E-state index in [1.165, 1.54) is 24.3 Å². The van der Waals surface area contributed by atoms with Crippen molar-refractivity contribution in [3.8, 4) is 0 Å². The molecule has 122 valence electrons. The van der Waals surface area contributed by atoms with E-state index >= 15 is 0 Å². The molecule has 4 nitrogen and oxygen atoms in total. The summed E-state index contributed by atoms with van der Waals surface area (Å²) < 4.78 is 12.9. The third kappa shape index (κ3) is 4.29. The van der Waals surface area contributed by atoms with Gasteiger partial charge in [-0.2, -0.15) is 0 Å². The van der Waals surface area contributed by atoms with Gasteiger partial charge in [-0.3, -0.25) is 0 Å². The van der Waals surface area contributed by atoms with Crippen molar-refractivity contribution in [3.63, 3.8) is 0 Å². The predicted molar refractivity (Wildman–Crippen MR) is 88.9 cm³/mol. The Hall–Kier alpha value is -2.40. The summed E-state index contributed by atoms with van der Waals surface area (Å²) in [6.45, 7) is 5.41. The minimum atomic E-state index is -1.29. The maximum absolute atomic E-state index is 12.9. The summed E-state index contributed by atoms with van der Waals surface area (Å²) in [6, 6.07) is 10.9. The lowest BCUT2D eigenvalue weighted by atomic mass is 9.96. The molecule has 0 heterocycles. The highest BCUT2D eigenvalue weighted by atomic mass is 19.1. The van der Waals surface area contributed by atoms with Crippen LogP contribution in [0.15, 0.2) is 42.5 Å². The number of carbonyl (C=O) groups excluding carboxylic acids is 1. The standard InChI is InChI=1S/C18H21FN2O2/c1-12-5-4-6-13(2)16(12)21-17(22)20-11-18(3,23)14-7-9-15(19)10-8-14/h4-10,23H,11H2,1-3H3,(H2,20,21,22). The number of rotatable bonds is 4. The Morgan fingerprint density at radius 3 is 2.26 bits per heavy atom. The summed E-state index contributed by atoms with van der Waals surface area (Å²) >= 11 is 0. The largest absolute Gasteiger partial charge is 0.384 e. The zero-order valence-corrected chi connectivity index (χ0v) is 13.5. The molecular formula is C18H21FN2O2. The molecule has 5 heteroatoms. The van der Waals surface area contributed by atoms with E-state index in [1.807, 2.05) is 32.0 Å². The van der Waals surface area contributed by atoms with Crippen LogP contribution < -0.4 is 10.6 Å². The van der Waals surface area contributed by atoms with Gasteiger partial charge in [0.15, 0.2) is 0 Å². The molecule has 0 spiro atoms. The number of nitrogens with one attached hydrogen (secondary N) is 2. The number of amides is 2. The predicted octanol–water partition coefficient (Wildman–Crippen LogP) is 3.47. The zero-order valence-electron chi connectivity index (χ0n) is 13.5. The molecule has 3 N–H and O–H groups in total. The van der Waals surface area contributed by atoms with Crippen molar-refractivity contribution in [2.45, 2.75) is 26.4 Å². The molecule has 0 saturated carbocycles. The third-order valence-corrected chi connectivity index (χ3v) is 3.78. The lowest BCUT2D eigenvalue weighted by Gasteiger charge is -2.24. The average molecular weight is 316 g/mol. The average Bonchev–Trinajstić information content (AvgIpc) is 2.50. The molecule has 1 unspecified atom stereocenters. The maximum atomic E-state index is 12.9. The normalized spacial score (nSPS) is 13.3. The summed E-state index contributed by atoms with van der Waals surface area (Å²) in [5, 5.41) is 15.9. The number of anilines is 1. The van der Waals surface area contributed by atoms with E-state index in [0.29, 0.717) is 5.56 Å². The van der Waals surface area contributed by atoms with Crippen LogP contribution in [0.3, 0.4) is 0 Å². The molecule has 23 heavy (non-hydrogen) atoms. The highest BCUT2D eigenvalue weighted by Crippen LogP contribution is 2.21. The van der Waals surface area contributed by atoms with Crippen LogP contribution in [-0.2, 0) is 5.60 Å². The van der Waals surface area contributed by atoms with Gasteiger partial charge in [0.2, 0.25) is 0 Å². The fraction of sp³-hybridized carbons (Fsp3) is 0.278. The van der Waals surface area contributed by atoms with Gasteiger partial charge >= 0.3 is 6.03 Å². The Morgan fingerprint density at radius 2 is 1.70 bits per heavy atom. The van der Waals surface area contributed by atoms with E-state index in [-0.39, 0.29) is 12.4 Å². The van der Waals surface area contributed by atoms with Crippen LogP contribution in [-0.4, -0.2) is 17.7 Å². The van der Waals surface area contributed by atoms with Gasteiger partial charge in [-0.05, 0) is 49.6 Å². The molecule has 0 aromatic heterocycles. The summed E-state index contributed by atoms with van der Waals surface area (Å²) in [4.78, 5) is 12.1. The highest BCUT2D eigenvalue weighted by molar-refractivity contribution is 5.91. The number of aryl methyl sites for hydroxylation is 2. The lowest BCUT2D eigenvalue weighted by molar-refractivity contribution is 0.0599. The molecule has 0 bridgehead atoms. The first-order chi connectivity index (χ1) is 10.8. The molecule has 2 rings (SSSR count). The van der Waals surface area contributed by atoms with E-state index < -0.39 is 11.6 Å². The van der Waals surface area contributed by atoms with Crippen LogP contribution in [0.2, 0.25) is 0 Å². The zero-order chi connectivity index (χ0) is 17.0. The molecule has 2 aromatic carbocycles. The Morgan fingerprint density at radius 1 is 1.13 bits per heavy atom. The van der Waals surface area contributed by atoms with E-state index in [1.54, 1.807) is 6.92 Å². The first-order valence-electron chi connectivity index (χ1n) is 7.39. The first-order valence-corrected chi connectivity index (χ1v) is 7.39. The van der Waals surface area contributed by atoms with Crippen molar-refractivity contribution in [1.82, 2.24) is 5.32 Å². The van der Waals surface area contributed by atoms with Gasteiger partial charge < -0.3 is 15.7 Å². The lowest BCUT2D eigenvalue weighted by Crippen LogP contribution is -2.40. The second-order valence-electron chi connectivity index (χ2n) is 5.86. The van der Waals surface area contributed by atoms with Crippen molar-refractivity contribution < 1.29 is 14.3 Å². The van der Waals surface area contributed by atoms with Crippen molar-refractivity contribution in [2.75, 3.05) is 11.9 Å². The Kier molecular flexibility index (Phi) is 5.01. The SMILES string of the molecule is Cc1cccc(C)c1NC(=O)NCC(C)(O)c1ccc(F)cc1. The van der Waals surface area contributed by atoms with Gasteiger partial charge in [-0.15, -0.1) is 0 Å². The first kappa shape index (κ1) is 17.0. The van der Waals surface area contributed by atoms with Crippen LogP contribution in [0.5, 0.6) is 0 Å². The second-order valence-corrected chi connectivity index (χ2v) is 5.86. The molecule has 0 aliphatic rings.